The SMILES string of the molecule is COc1ccc(C(=O)NCCN2CCN(c3nc4ccc(Br)cc4s3)CC2)cc1OC. The number of benzene rings is 2. The third-order valence-electron chi connectivity index (χ3n) is 5.34. The van der Waals surface area contributed by atoms with Crippen LogP contribution in [0.25, 0.3) is 10.2 Å². The number of carbonyl (C=O) groups is 1. The average Bonchev–Trinajstić information content (AvgIpc) is 3.22. The molecule has 1 amide bonds. The van der Waals surface area contributed by atoms with Crippen LogP contribution in [0.1, 0.15) is 10.4 Å². The predicted molar refractivity (Wildman–Crippen MR) is 128 cm³/mol. The molecule has 31 heavy (non-hydrogen) atoms. The van der Waals surface area contributed by atoms with Crippen molar-refractivity contribution in [3.05, 3.63) is 46.4 Å². The van der Waals surface area contributed by atoms with Gasteiger partial charge in [-0.25, -0.2) is 4.98 Å². The summed E-state index contributed by atoms with van der Waals surface area (Å²) >= 11 is 5.26. The number of aromatic nitrogens is 1. The number of thiazole rings is 1. The number of hydrogen-bond acceptors (Lipinski definition) is 7. The minimum Gasteiger partial charge on any atom is -0.493 e. The standard InChI is InChI=1S/C22H25BrN4O3S/c1-29-18-6-3-15(13-19(18)30-2)21(28)24-7-8-26-9-11-27(12-10-26)22-25-17-5-4-16(23)14-20(17)31-22/h3-6,13-14H,7-12H2,1-2H3,(H,24,28). The third-order valence-corrected chi connectivity index (χ3v) is 6.91. The molecule has 1 fully saturated rings. The van der Waals surface area contributed by atoms with Crippen molar-refractivity contribution in [2.24, 2.45) is 0 Å². The zero-order valence-corrected chi connectivity index (χ0v) is 20.0. The Morgan fingerprint density at radius 2 is 1.87 bits per heavy atom. The number of nitrogens with one attached hydrogen (secondary N) is 1. The molecule has 0 bridgehead atoms. The first kappa shape index (κ1) is 21.9. The van der Waals surface area contributed by atoms with E-state index in [1.54, 1.807) is 43.8 Å². The Balaban J connectivity index is 1.25. The molecule has 1 N–H and O–H groups in total. The molecule has 164 valence electrons. The molecule has 3 aromatic rings. The van der Waals surface area contributed by atoms with Gasteiger partial charge in [-0.15, -0.1) is 0 Å². The van der Waals surface area contributed by atoms with E-state index in [0.29, 0.717) is 23.6 Å². The molecule has 2 aromatic carbocycles. The first-order chi connectivity index (χ1) is 15.1. The van der Waals surface area contributed by atoms with Crippen LogP contribution in [0.2, 0.25) is 0 Å². The first-order valence-electron chi connectivity index (χ1n) is 10.1. The number of methoxy groups -OCH3 is 2. The van der Waals surface area contributed by atoms with Gasteiger partial charge in [0.1, 0.15) is 0 Å². The number of piperazine rings is 1. The summed E-state index contributed by atoms with van der Waals surface area (Å²) in [5.74, 6) is 1.05. The summed E-state index contributed by atoms with van der Waals surface area (Å²) in [7, 11) is 3.14. The number of anilines is 1. The summed E-state index contributed by atoms with van der Waals surface area (Å²) in [6, 6.07) is 11.4. The van der Waals surface area contributed by atoms with Crippen molar-refractivity contribution in [1.82, 2.24) is 15.2 Å². The molecule has 1 aliphatic heterocycles. The van der Waals surface area contributed by atoms with Crippen molar-refractivity contribution in [3.8, 4) is 11.5 Å². The molecule has 1 saturated heterocycles. The molecule has 1 aromatic heterocycles. The maximum atomic E-state index is 12.5. The van der Waals surface area contributed by atoms with E-state index in [2.05, 4.69) is 43.2 Å². The highest BCUT2D eigenvalue weighted by Gasteiger charge is 2.20. The lowest BCUT2D eigenvalue weighted by molar-refractivity contribution is 0.0947. The summed E-state index contributed by atoms with van der Waals surface area (Å²) in [6.07, 6.45) is 0. The number of nitrogens with zero attached hydrogens (tertiary/aromatic N) is 3. The summed E-state index contributed by atoms with van der Waals surface area (Å²) in [5.41, 5.74) is 1.61. The fourth-order valence-corrected chi connectivity index (χ4v) is 5.16. The summed E-state index contributed by atoms with van der Waals surface area (Å²) in [6.45, 7) is 5.19. The largest absolute Gasteiger partial charge is 0.493 e. The molecule has 7 nitrogen and oxygen atoms in total. The number of amides is 1. The van der Waals surface area contributed by atoms with E-state index in [4.69, 9.17) is 14.5 Å². The minimum atomic E-state index is -0.111. The van der Waals surface area contributed by atoms with Crippen LogP contribution in [0, 0.1) is 0 Å². The Morgan fingerprint density at radius 3 is 2.61 bits per heavy atom. The van der Waals surface area contributed by atoms with Gasteiger partial charge in [0, 0.05) is 49.3 Å². The van der Waals surface area contributed by atoms with Crippen molar-refractivity contribution in [1.29, 1.82) is 0 Å². The average molecular weight is 505 g/mol. The van der Waals surface area contributed by atoms with Crippen LogP contribution in [0.3, 0.4) is 0 Å². The summed E-state index contributed by atoms with van der Waals surface area (Å²) in [5, 5.41) is 4.07. The molecule has 0 atom stereocenters. The van der Waals surface area contributed by atoms with Crippen molar-refractivity contribution in [2.75, 3.05) is 58.4 Å². The maximum absolute atomic E-state index is 12.5. The number of fused-ring (bicyclic) bond motifs is 1. The molecule has 9 heteroatoms. The van der Waals surface area contributed by atoms with E-state index in [-0.39, 0.29) is 5.91 Å². The fourth-order valence-electron chi connectivity index (χ4n) is 3.59. The summed E-state index contributed by atoms with van der Waals surface area (Å²) < 4.78 is 12.8. The Morgan fingerprint density at radius 1 is 1.10 bits per heavy atom. The molecule has 0 spiro atoms. The Kier molecular flexibility index (Phi) is 6.94. The number of halogens is 1. The Bertz CT molecular complexity index is 1070. The molecule has 4 rings (SSSR count). The predicted octanol–water partition coefficient (Wildman–Crippen LogP) is 3.63. The van der Waals surface area contributed by atoms with E-state index in [9.17, 15) is 4.79 Å². The number of hydrogen-bond donors (Lipinski definition) is 1. The van der Waals surface area contributed by atoms with Crippen molar-refractivity contribution < 1.29 is 14.3 Å². The van der Waals surface area contributed by atoms with Crippen LogP contribution >= 0.6 is 27.3 Å². The van der Waals surface area contributed by atoms with Gasteiger partial charge in [0.2, 0.25) is 0 Å². The van der Waals surface area contributed by atoms with E-state index >= 15 is 0 Å². The highest BCUT2D eigenvalue weighted by atomic mass is 79.9. The second-order valence-corrected chi connectivity index (χ2v) is 9.19. The highest BCUT2D eigenvalue weighted by molar-refractivity contribution is 9.10. The first-order valence-corrected chi connectivity index (χ1v) is 11.7. The van der Waals surface area contributed by atoms with Gasteiger partial charge >= 0.3 is 0 Å². The van der Waals surface area contributed by atoms with Gasteiger partial charge in [-0.3, -0.25) is 9.69 Å². The van der Waals surface area contributed by atoms with E-state index in [1.165, 1.54) is 4.70 Å². The Labute approximate surface area is 194 Å². The van der Waals surface area contributed by atoms with Crippen molar-refractivity contribution in [3.63, 3.8) is 0 Å². The highest BCUT2D eigenvalue weighted by Crippen LogP contribution is 2.31. The number of rotatable bonds is 7. The monoisotopic (exact) mass is 504 g/mol. The normalized spacial score (nSPS) is 14.6. The maximum Gasteiger partial charge on any atom is 0.251 e. The van der Waals surface area contributed by atoms with Gasteiger partial charge in [-0.05, 0) is 36.4 Å². The topological polar surface area (TPSA) is 66.9 Å². The van der Waals surface area contributed by atoms with Gasteiger partial charge in [0.05, 0.1) is 24.4 Å². The van der Waals surface area contributed by atoms with Crippen LogP contribution in [-0.2, 0) is 0 Å². The molecule has 2 heterocycles. The van der Waals surface area contributed by atoms with Crippen molar-refractivity contribution >= 4 is 48.5 Å². The van der Waals surface area contributed by atoms with Gasteiger partial charge in [0.25, 0.3) is 5.91 Å². The van der Waals surface area contributed by atoms with Gasteiger partial charge < -0.3 is 19.7 Å². The molecule has 0 saturated carbocycles. The van der Waals surface area contributed by atoms with E-state index < -0.39 is 0 Å². The number of ether oxygens (including phenoxy) is 2. The lowest BCUT2D eigenvalue weighted by Crippen LogP contribution is -2.48. The second kappa shape index (κ2) is 9.84. The summed E-state index contributed by atoms with van der Waals surface area (Å²) in [4.78, 5) is 21.9. The smallest absolute Gasteiger partial charge is 0.251 e. The molecular formula is C22H25BrN4O3S. The van der Waals surface area contributed by atoms with Crippen LogP contribution in [-0.4, -0.2) is 69.3 Å². The lowest BCUT2D eigenvalue weighted by atomic mass is 10.2. The van der Waals surface area contributed by atoms with E-state index in [1.807, 2.05) is 6.07 Å². The zero-order valence-electron chi connectivity index (χ0n) is 17.6. The quantitative estimate of drug-likeness (QED) is 0.529. The lowest BCUT2D eigenvalue weighted by Gasteiger charge is -2.34. The van der Waals surface area contributed by atoms with Gasteiger partial charge in [-0.2, -0.15) is 0 Å². The van der Waals surface area contributed by atoms with E-state index in [0.717, 1.165) is 47.8 Å². The molecule has 0 unspecified atom stereocenters. The van der Waals surface area contributed by atoms with Crippen molar-refractivity contribution in [2.45, 2.75) is 0 Å². The Hall–Kier alpha value is -2.36. The van der Waals surface area contributed by atoms with Crippen LogP contribution in [0.4, 0.5) is 5.13 Å². The van der Waals surface area contributed by atoms with Crippen LogP contribution in [0.5, 0.6) is 11.5 Å². The zero-order chi connectivity index (χ0) is 21.8. The second-order valence-electron chi connectivity index (χ2n) is 7.26. The van der Waals surface area contributed by atoms with Crippen LogP contribution in [0.15, 0.2) is 40.9 Å². The van der Waals surface area contributed by atoms with Gasteiger partial charge in [-0.1, -0.05) is 27.3 Å². The fraction of sp³-hybridized carbons (Fsp3) is 0.364. The number of carbonyl (C=O) groups excluding carboxylic acids is 1. The molecule has 1 aliphatic rings. The van der Waals surface area contributed by atoms with Gasteiger partial charge in [0.15, 0.2) is 16.6 Å². The third kappa shape index (κ3) is 5.11. The molecular weight excluding hydrogens is 480 g/mol. The molecule has 0 aliphatic carbocycles. The minimum absolute atomic E-state index is 0.111. The van der Waals surface area contributed by atoms with Crippen LogP contribution < -0.4 is 19.7 Å². The molecule has 0 radical (unpaired) electrons.